The first kappa shape index (κ1) is 11.8. The Balaban J connectivity index is 2.71. The maximum Gasteiger partial charge on any atom is 0.0366 e. The quantitative estimate of drug-likeness (QED) is 0.604. The molecule has 0 saturated heterocycles. The summed E-state index contributed by atoms with van der Waals surface area (Å²) in [6.07, 6.45) is 0. The summed E-state index contributed by atoms with van der Waals surface area (Å²) in [6.45, 7) is 6.50. The lowest BCUT2D eigenvalue weighted by Crippen LogP contribution is -2.21. The molecule has 0 aliphatic heterocycles. The highest BCUT2D eigenvalue weighted by atomic mass is 33.1. The van der Waals surface area contributed by atoms with Gasteiger partial charge in [0.1, 0.15) is 0 Å². The fourth-order valence-corrected chi connectivity index (χ4v) is 2.26. The fraction of sp³-hybridized carbons (Fsp3) is 0.455. The predicted molar refractivity (Wildman–Crippen MR) is 70.3 cm³/mol. The van der Waals surface area contributed by atoms with Crippen molar-refractivity contribution in [3.63, 3.8) is 0 Å². The molecule has 0 aliphatic rings. The highest BCUT2D eigenvalue weighted by Gasteiger charge is 2.00. The van der Waals surface area contributed by atoms with Crippen molar-refractivity contribution in [1.82, 2.24) is 0 Å². The van der Waals surface area contributed by atoms with E-state index >= 15 is 0 Å². The van der Waals surface area contributed by atoms with E-state index in [1.807, 2.05) is 0 Å². The van der Waals surface area contributed by atoms with Crippen LogP contribution in [-0.4, -0.2) is 13.1 Å². The lowest BCUT2D eigenvalue weighted by Gasteiger charge is -2.21. The number of benzene rings is 1. The van der Waals surface area contributed by atoms with Gasteiger partial charge in [-0.2, -0.15) is 0 Å². The van der Waals surface area contributed by atoms with E-state index in [1.165, 1.54) is 11.3 Å². The Morgan fingerprint density at radius 2 is 1.71 bits per heavy atom. The molecular weight excluding hydrogens is 210 g/mol. The van der Waals surface area contributed by atoms with Crippen LogP contribution in [-0.2, 0) is 5.75 Å². The highest BCUT2D eigenvalue weighted by molar-refractivity contribution is 8.68. The summed E-state index contributed by atoms with van der Waals surface area (Å²) in [5.74, 6) is 0.974. The average Bonchev–Trinajstić information content (AvgIpc) is 2.23. The van der Waals surface area contributed by atoms with Crippen LogP contribution in [0.25, 0.3) is 0 Å². The van der Waals surface area contributed by atoms with E-state index in [2.05, 4.69) is 54.7 Å². The summed E-state index contributed by atoms with van der Waals surface area (Å²) in [7, 11) is 1.56. The zero-order valence-electron chi connectivity index (χ0n) is 8.73. The summed E-state index contributed by atoms with van der Waals surface area (Å²) >= 11 is 4.14. The van der Waals surface area contributed by atoms with Crippen molar-refractivity contribution in [1.29, 1.82) is 0 Å². The van der Waals surface area contributed by atoms with Crippen LogP contribution in [0.2, 0.25) is 0 Å². The largest absolute Gasteiger partial charge is 0.372 e. The summed E-state index contributed by atoms with van der Waals surface area (Å²) in [4.78, 5) is 2.34. The van der Waals surface area contributed by atoms with Gasteiger partial charge in [-0.3, -0.25) is 0 Å². The van der Waals surface area contributed by atoms with E-state index in [4.69, 9.17) is 0 Å². The van der Waals surface area contributed by atoms with Gasteiger partial charge in [-0.05, 0) is 31.5 Å². The van der Waals surface area contributed by atoms with E-state index in [0.29, 0.717) is 0 Å². The summed E-state index contributed by atoms with van der Waals surface area (Å²) in [5, 5.41) is 0. The van der Waals surface area contributed by atoms with Gasteiger partial charge >= 0.3 is 0 Å². The maximum atomic E-state index is 4.14. The molecule has 0 aliphatic carbocycles. The fourth-order valence-electron chi connectivity index (χ4n) is 1.47. The lowest BCUT2D eigenvalue weighted by molar-refractivity contribution is 0.866. The number of hydrogen-bond donors (Lipinski definition) is 1. The van der Waals surface area contributed by atoms with Crippen LogP contribution in [0.1, 0.15) is 19.4 Å². The first-order chi connectivity index (χ1) is 6.81. The molecule has 3 heteroatoms. The van der Waals surface area contributed by atoms with Crippen LogP contribution in [0.15, 0.2) is 24.3 Å². The summed E-state index contributed by atoms with van der Waals surface area (Å²) in [5.41, 5.74) is 2.64. The molecule has 0 N–H and O–H groups in total. The van der Waals surface area contributed by atoms with Crippen LogP contribution in [0.5, 0.6) is 0 Å². The number of rotatable bonds is 5. The summed E-state index contributed by atoms with van der Waals surface area (Å²) in [6, 6.07) is 8.73. The third-order valence-corrected chi connectivity index (χ3v) is 3.15. The van der Waals surface area contributed by atoms with Crippen LogP contribution in [0.4, 0.5) is 5.69 Å². The van der Waals surface area contributed by atoms with Crippen molar-refractivity contribution in [3.8, 4) is 0 Å². The van der Waals surface area contributed by atoms with Gasteiger partial charge in [0.2, 0.25) is 0 Å². The molecule has 78 valence electrons. The molecule has 0 aromatic heterocycles. The van der Waals surface area contributed by atoms with E-state index < -0.39 is 0 Å². The van der Waals surface area contributed by atoms with Crippen molar-refractivity contribution in [2.24, 2.45) is 0 Å². The van der Waals surface area contributed by atoms with Gasteiger partial charge in [-0.15, -0.1) is 11.7 Å². The molecule has 0 bridgehead atoms. The molecule has 0 fully saturated rings. The minimum Gasteiger partial charge on any atom is -0.372 e. The molecule has 0 spiro atoms. The molecule has 1 rings (SSSR count). The van der Waals surface area contributed by atoms with Gasteiger partial charge in [0.25, 0.3) is 0 Å². The highest BCUT2D eigenvalue weighted by Crippen LogP contribution is 2.19. The first-order valence-corrected chi connectivity index (χ1v) is 6.95. The molecule has 0 saturated carbocycles. The minimum absolute atomic E-state index is 0.974. The molecule has 0 amide bonds. The molecule has 0 atom stereocenters. The second-order valence-electron chi connectivity index (χ2n) is 3.11. The third-order valence-electron chi connectivity index (χ3n) is 2.30. The van der Waals surface area contributed by atoms with Crippen molar-refractivity contribution in [2.45, 2.75) is 19.6 Å². The molecule has 1 nitrogen and oxygen atoms in total. The van der Waals surface area contributed by atoms with Crippen LogP contribution in [0, 0.1) is 0 Å². The van der Waals surface area contributed by atoms with Gasteiger partial charge in [-0.25, -0.2) is 0 Å². The Labute approximate surface area is 95.7 Å². The first-order valence-electron chi connectivity index (χ1n) is 4.92. The third kappa shape index (κ3) is 3.14. The van der Waals surface area contributed by atoms with Crippen LogP contribution in [0.3, 0.4) is 0 Å². The Kier molecular flexibility index (Phi) is 5.26. The molecule has 1 aromatic rings. The second kappa shape index (κ2) is 6.25. The molecule has 14 heavy (non-hydrogen) atoms. The Morgan fingerprint density at radius 1 is 1.14 bits per heavy atom. The smallest absolute Gasteiger partial charge is 0.0366 e. The van der Waals surface area contributed by atoms with Crippen molar-refractivity contribution < 1.29 is 0 Å². The summed E-state index contributed by atoms with van der Waals surface area (Å²) < 4.78 is 0. The zero-order chi connectivity index (χ0) is 10.4. The number of anilines is 1. The van der Waals surface area contributed by atoms with Gasteiger partial charge in [0.15, 0.2) is 0 Å². The number of nitrogens with zero attached hydrogens (tertiary/aromatic N) is 1. The number of hydrogen-bond acceptors (Lipinski definition) is 3. The molecule has 0 heterocycles. The van der Waals surface area contributed by atoms with Crippen LogP contribution >= 0.6 is 22.5 Å². The normalized spacial score (nSPS) is 10.2. The molecular formula is C11H17NS2. The molecule has 0 radical (unpaired) electrons. The zero-order valence-corrected chi connectivity index (χ0v) is 10.4. The Morgan fingerprint density at radius 3 is 2.14 bits per heavy atom. The van der Waals surface area contributed by atoms with Crippen molar-refractivity contribution in [2.75, 3.05) is 18.0 Å². The molecule has 1 aromatic carbocycles. The monoisotopic (exact) mass is 227 g/mol. The molecule has 0 unspecified atom stereocenters. The van der Waals surface area contributed by atoms with Gasteiger partial charge < -0.3 is 4.90 Å². The van der Waals surface area contributed by atoms with Crippen molar-refractivity contribution in [3.05, 3.63) is 29.8 Å². The van der Waals surface area contributed by atoms with Gasteiger partial charge in [0, 0.05) is 24.5 Å². The lowest BCUT2D eigenvalue weighted by atomic mass is 10.2. The minimum atomic E-state index is 0.974. The topological polar surface area (TPSA) is 3.24 Å². The van der Waals surface area contributed by atoms with Crippen LogP contribution < -0.4 is 4.90 Å². The predicted octanol–water partition coefficient (Wildman–Crippen LogP) is 3.61. The Bertz CT molecular complexity index is 254. The van der Waals surface area contributed by atoms with Gasteiger partial charge in [0.05, 0.1) is 0 Å². The average molecular weight is 227 g/mol. The second-order valence-corrected chi connectivity index (χ2v) is 4.43. The van der Waals surface area contributed by atoms with E-state index in [0.717, 1.165) is 18.8 Å². The van der Waals surface area contributed by atoms with E-state index in [9.17, 15) is 0 Å². The van der Waals surface area contributed by atoms with Gasteiger partial charge in [-0.1, -0.05) is 22.9 Å². The SMILES string of the molecule is CCN(CC)c1ccc(CSS)cc1. The Hall–Kier alpha value is -0.280. The maximum absolute atomic E-state index is 4.14. The van der Waals surface area contributed by atoms with E-state index in [1.54, 1.807) is 10.8 Å². The van der Waals surface area contributed by atoms with Crippen molar-refractivity contribution >= 4 is 28.1 Å². The standard InChI is InChI=1S/C11H17NS2/c1-3-12(4-2)11-7-5-10(6-8-11)9-14-13/h5-8,13H,3-4,9H2,1-2H3. The number of thiol groups is 1. The van der Waals surface area contributed by atoms with E-state index in [-0.39, 0.29) is 0 Å².